The van der Waals surface area contributed by atoms with Crippen LogP contribution in [0.1, 0.15) is 47.0 Å². The molecule has 0 aromatic rings. The summed E-state index contributed by atoms with van der Waals surface area (Å²) in [4.78, 5) is 11.3. The van der Waals surface area contributed by atoms with E-state index in [2.05, 4.69) is 19.2 Å². The number of nitrogens with one attached hydrogen (secondary N) is 1. The standard InChI is InChI=1S/C12H26N2O2/c1-5-10(3)16-9-7-8-12(4,11(13)15)14-6-2/h10,14H,5-9H2,1-4H3,(H2,13,15). The number of carbonyl (C=O) groups excluding carboxylic acids is 1. The second kappa shape index (κ2) is 7.63. The van der Waals surface area contributed by atoms with Gasteiger partial charge in [0.15, 0.2) is 0 Å². The average Bonchev–Trinajstić information content (AvgIpc) is 2.24. The average molecular weight is 230 g/mol. The van der Waals surface area contributed by atoms with Crippen LogP contribution in [0.15, 0.2) is 0 Å². The minimum absolute atomic E-state index is 0.291. The van der Waals surface area contributed by atoms with Gasteiger partial charge in [-0.2, -0.15) is 0 Å². The van der Waals surface area contributed by atoms with E-state index < -0.39 is 5.54 Å². The highest BCUT2D eigenvalue weighted by Gasteiger charge is 2.28. The van der Waals surface area contributed by atoms with Gasteiger partial charge >= 0.3 is 0 Å². The van der Waals surface area contributed by atoms with Gasteiger partial charge in [0.25, 0.3) is 0 Å². The molecule has 0 spiro atoms. The van der Waals surface area contributed by atoms with Gasteiger partial charge in [0, 0.05) is 6.61 Å². The number of carbonyl (C=O) groups is 1. The smallest absolute Gasteiger partial charge is 0.237 e. The quantitative estimate of drug-likeness (QED) is 0.589. The van der Waals surface area contributed by atoms with Crippen molar-refractivity contribution in [1.82, 2.24) is 5.32 Å². The van der Waals surface area contributed by atoms with Crippen LogP contribution in [0.4, 0.5) is 0 Å². The van der Waals surface area contributed by atoms with Gasteiger partial charge in [-0.3, -0.25) is 4.79 Å². The van der Waals surface area contributed by atoms with E-state index in [1.54, 1.807) is 0 Å². The van der Waals surface area contributed by atoms with E-state index >= 15 is 0 Å². The first-order valence-electron chi connectivity index (χ1n) is 6.12. The summed E-state index contributed by atoms with van der Waals surface area (Å²) in [6.45, 7) is 9.39. The molecule has 1 amide bonds. The van der Waals surface area contributed by atoms with Crippen LogP contribution in [0.5, 0.6) is 0 Å². The van der Waals surface area contributed by atoms with E-state index in [4.69, 9.17) is 10.5 Å². The van der Waals surface area contributed by atoms with E-state index in [-0.39, 0.29) is 5.91 Å². The molecule has 96 valence electrons. The van der Waals surface area contributed by atoms with Crippen molar-refractivity contribution < 1.29 is 9.53 Å². The summed E-state index contributed by atoms with van der Waals surface area (Å²) in [7, 11) is 0. The molecule has 3 N–H and O–H groups in total. The van der Waals surface area contributed by atoms with Crippen molar-refractivity contribution >= 4 is 5.91 Å². The van der Waals surface area contributed by atoms with Crippen molar-refractivity contribution in [2.24, 2.45) is 5.73 Å². The summed E-state index contributed by atoms with van der Waals surface area (Å²) in [5.41, 5.74) is 4.78. The molecule has 0 rings (SSSR count). The van der Waals surface area contributed by atoms with Gasteiger partial charge in [-0.1, -0.05) is 13.8 Å². The summed E-state index contributed by atoms with van der Waals surface area (Å²) in [6, 6.07) is 0. The van der Waals surface area contributed by atoms with E-state index in [9.17, 15) is 4.79 Å². The molecule has 4 nitrogen and oxygen atoms in total. The lowest BCUT2D eigenvalue weighted by molar-refractivity contribution is -0.124. The zero-order valence-electron chi connectivity index (χ0n) is 11.0. The number of primary amides is 1. The molecule has 0 fully saturated rings. The SMILES string of the molecule is CCNC(C)(CCCOC(C)CC)C(N)=O. The maximum absolute atomic E-state index is 11.3. The number of hydrogen-bond donors (Lipinski definition) is 2. The minimum atomic E-state index is -0.604. The normalized spacial score (nSPS) is 16.8. The molecule has 0 aromatic carbocycles. The van der Waals surface area contributed by atoms with Crippen molar-refractivity contribution in [3.8, 4) is 0 Å². The molecule has 2 unspecified atom stereocenters. The number of rotatable bonds is 9. The Balaban J connectivity index is 3.90. The highest BCUT2D eigenvalue weighted by atomic mass is 16.5. The number of likely N-dealkylation sites (N-methyl/N-ethyl adjacent to an activating group) is 1. The van der Waals surface area contributed by atoms with Crippen LogP contribution in [0.25, 0.3) is 0 Å². The highest BCUT2D eigenvalue weighted by Crippen LogP contribution is 2.12. The third-order valence-electron chi connectivity index (χ3n) is 2.91. The minimum Gasteiger partial charge on any atom is -0.379 e. The monoisotopic (exact) mass is 230 g/mol. The van der Waals surface area contributed by atoms with Gasteiger partial charge in [-0.05, 0) is 39.7 Å². The zero-order valence-corrected chi connectivity index (χ0v) is 11.0. The van der Waals surface area contributed by atoms with Crippen molar-refractivity contribution in [3.63, 3.8) is 0 Å². The Bertz CT molecular complexity index is 209. The fourth-order valence-corrected chi connectivity index (χ4v) is 1.52. The van der Waals surface area contributed by atoms with E-state index in [1.807, 2.05) is 13.8 Å². The fourth-order valence-electron chi connectivity index (χ4n) is 1.52. The van der Waals surface area contributed by atoms with E-state index in [1.165, 1.54) is 0 Å². The molecule has 0 saturated carbocycles. The lowest BCUT2D eigenvalue weighted by atomic mass is 9.95. The fraction of sp³-hybridized carbons (Fsp3) is 0.917. The van der Waals surface area contributed by atoms with Gasteiger partial charge in [-0.15, -0.1) is 0 Å². The van der Waals surface area contributed by atoms with Crippen LogP contribution >= 0.6 is 0 Å². The molecule has 0 aliphatic heterocycles. The topological polar surface area (TPSA) is 64.3 Å². The molecule has 2 atom stereocenters. The van der Waals surface area contributed by atoms with Gasteiger partial charge in [-0.25, -0.2) is 0 Å². The largest absolute Gasteiger partial charge is 0.379 e. The third-order valence-corrected chi connectivity index (χ3v) is 2.91. The predicted molar refractivity (Wildman–Crippen MR) is 66.2 cm³/mol. The van der Waals surface area contributed by atoms with Crippen molar-refractivity contribution in [1.29, 1.82) is 0 Å². The van der Waals surface area contributed by atoms with E-state index in [0.29, 0.717) is 19.1 Å². The second-order valence-corrected chi connectivity index (χ2v) is 4.42. The zero-order chi connectivity index (χ0) is 12.6. The Labute approximate surface area is 98.9 Å². The summed E-state index contributed by atoms with van der Waals surface area (Å²) in [6.07, 6.45) is 2.86. The van der Waals surface area contributed by atoms with Crippen LogP contribution < -0.4 is 11.1 Å². The number of nitrogens with two attached hydrogens (primary N) is 1. The van der Waals surface area contributed by atoms with Gasteiger partial charge in [0.2, 0.25) is 5.91 Å². The molecule has 0 heterocycles. The molecular weight excluding hydrogens is 204 g/mol. The van der Waals surface area contributed by atoms with Gasteiger partial charge in [0.1, 0.15) is 0 Å². The van der Waals surface area contributed by atoms with Crippen molar-refractivity contribution in [2.45, 2.75) is 58.6 Å². The van der Waals surface area contributed by atoms with Crippen LogP contribution in [0.3, 0.4) is 0 Å². The molecule has 0 aliphatic rings. The molecule has 0 saturated heterocycles. The van der Waals surface area contributed by atoms with Crippen molar-refractivity contribution in [2.75, 3.05) is 13.2 Å². The molecule has 0 bridgehead atoms. The first kappa shape index (κ1) is 15.4. The Kier molecular flexibility index (Phi) is 7.34. The van der Waals surface area contributed by atoms with Crippen LogP contribution in [-0.4, -0.2) is 30.7 Å². The highest BCUT2D eigenvalue weighted by molar-refractivity contribution is 5.84. The van der Waals surface area contributed by atoms with E-state index in [0.717, 1.165) is 19.4 Å². The van der Waals surface area contributed by atoms with Gasteiger partial charge in [0.05, 0.1) is 11.6 Å². The number of amides is 1. The molecule has 0 aliphatic carbocycles. The summed E-state index contributed by atoms with van der Waals surface area (Å²) >= 11 is 0. The molecule has 0 aromatic heterocycles. The first-order valence-corrected chi connectivity index (χ1v) is 6.12. The van der Waals surface area contributed by atoms with Crippen molar-refractivity contribution in [3.05, 3.63) is 0 Å². The molecule has 0 radical (unpaired) electrons. The second-order valence-electron chi connectivity index (χ2n) is 4.42. The summed E-state index contributed by atoms with van der Waals surface area (Å²) in [5.74, 6) is -0.294. The van der Waals surface area contributed by atoms with Crippen LogP contribution in [0.2, 0.25) is 0 Å². The Hall–Kier alpha value is -0.610. The maximum atomic E-state index is 11.3. The first-order chi connectivity index (χ1) is 7.46. The number of hydrogen-bond acceptors (Lipinski definition) is 3. The molecule has 16 heavy (non-hydrogen) atoms. The Morgan fingerprint density at radius 1 is 1.50 bits per heavy atom. The Morgan fingerprint density at radius 3 is 2.56 bits per heavy atom. The molecule has 4 heteroatoms. The maximum Gasteiger partial charge on any atom is 0.237 e. The third kappa shape index (κ3) is 5.47. The molecular formula is C12H26N2O2. The van der Waals surface area contributed by atoms with Gasteiger partial charge < -0.3 is 15.8 Å². The number of ether oxygens (including phenoxy) is 1. The summed E-state index contributed by atoms with van der Waals surface area (Å²) < 4.78 is 5.56. The predicted octanol–water partition coefficient (Wildman–Crippen LogP) is 1.44. The lowest BCUT2D eigenvalue weighted by Crippen LogP contribution is -2.53. The van der Waals surface area contributed by atoms with Crippen LogP contribution in [0, 0.1) is 0 Å². The Morgan fingerprint density at radius 2 is 2.12 bits per heavy atom. The summed E-state index contributed by atoms with van der Waals surface area (Å²) in [5, 5.41) is 3.13. The lowest BCUT2D eigenvalue weighted by Gasteiger charge is -2.27. The van der Waals surface area contributed by atoms with Crippen LogP contribution in [-0.2, 0) is 9.53 Å².